The lowest BCUT2D eigenvalue weighted by Crippen LogP contribution is -2.00. The number of hydrogen-bond donors (Lipinski definition) is 0. The zero-order valence-corrected chi connectivity index (χ0v) is 27.5. The second kappa shape index (κ2) is 11.9. The summed E-state index contributed by atoms with van der Waals surface area (Å²) in [5.74, 6) is 1.92. The Labute approximate surface area is 294 Å². The molecule has 0 fully saturated rings. The number of nitrogens with zero attached hydrogens (tertiary/aromatic N) is 3. The van der Waals surface area contributed by atoms with E-state index >= 15 is 0 Å². The van der Waals surface area contributed by atoms with Crippen LogP contribution in [0.4, 0.5) is 0 Å². The van der Waals surface area contributed by atoms with Gasteiger partial charge in [0, 0.05) is 27.5 Å². The zero-order valence-electron chi connectivity index (χ0n) is 27.5. The molecule has 2 heterocycles. The van der Waals surface area contributed by atoms with Gasteiger partial charge in [0.25, 0.3) is 0 Å². The summed E-state index contributed by atoms with van der Waals surface area (Å²) in [6.45, 7) is 0. The molecule has 8 aromatic carbocycles. The predicted octanol–water partition coefficient (Wildman–Crippen LogP) is 12.4. The first-order valence-electron chi connectivity index (χ1n) is 17.1. The maximum Gasteiger partial charge on any atom is 0.164 e. The summed E-state index contributed by atoms with van der Waals surface area (Å²) in [6, 6.07) is 61.0. The van der Waals surface area contributed by atoms with Crippen molar-refractivity contribution in [1.29, 1.82) is 0 Å². The van der Waals surface area contributed by atoms with E-state index in [0.717, 1.165) is 77.0 Å². The molecule has 0 saturated heterocycles. The van der Waals surface area contributed by atoms with Crippen molar-refractivity contribution in [2.24, 2.45) is 0 Å². The molecule has 51 heavy (non-hydrogen) atoms. The number of fused-ring (bicyclic) bond motifs is 5. The molecule has 0 radical (unpaired) electrons. The van der Waals surface area contributed by atoms with Crippen LogP contribution in [-0.2, 0) is 0 Å². The molecule has 0 unspecified atom stereocenters. The van der Waals surface area contributed by atoms with E-state index in [2.05, 4.69) is 115 Å². The lowest BCUT2D eigenvalue weighted by molar-refractivity contribution is 0.669. The highest BCUT2D eigenvalue weighted by atomic mass is 16.3. The number of rotatable bonds is 5. The van der Waals surface area contributed by atoms with Crippen LogP contribution >= 0.6 is 0 Å². The molecular formula is C47H29N3O. The standard InChI is InChI=1S/C47H29N3O/c1-4-14-30(15-5-1)40-27-35(29-43-44(40)41-26-33-20-10-11-21-34(33)28-42(41)51-43)36-24-25-39(38-23-13-12-22-37(36)38)47-49-45(31-16-6-2-7-17-31)48-46(50-47)32-18-8-3-9-19-32/h1-29H. The first kappa shape index (κ1) is 29.0. The highest BCUT2D eigenvalue weighted by Gasteiger charge is 2.19. The van der Waals surface area contributed by atoms with Gasteiger partial charge in [0.1, 0.15) is 11.2 Å². The monoisotopic (exact) mass is 651 g/mol. The molecule has 0 bridgehead atoms. The topological polar surface area (TPSA) is 51.8 Å². The first-order valence-corrected chi connectivity index (χ1v) is 17.1. The van der Waals surface area contributed by atoms with E-state index < -0.39 is 0 Å². The van der Waals surface area contributed by atoms with Crippen molar-refractivity contribution < 1.29 is 4.42 Å². The van der Waals surface area contributed by atoms with E-state index in [-0.39, 0.29) is 0 Å². The summed E-state index contributed by atoms with van der Waals surface area (Å²) in [7, 11) is 0. The Bertz CT molecular complexity index is 2840. The molecule has 238 valence electrons. The molecule has 4 heteroatoms. The molecule has 0 aliphatic heterocycles. The molecule has 4 nitrogen and oxygen atoms in total. The summed E-state index contributed by atoms with van der Waals surface area (Å²) in [5, 5.41) is 6.78. The number of furan rings is 1. The lowest BCUT2D eigenvalue weighted by Gasteiger charge is -2.14. The zero-order chi connectivity index (χ0) is 33.7. The SMILES string of the molecule is c1ccc(-c2nc(-c3ccccc3)nc(-c3ccc(-c4cc(-c5ccccc5)c5c(c4)oc4cc6ccccc6cc45)c4ccccc34)n2)cc1. The minimum atomic E-state index is 0.634. The van der Waals surface area contributed by atoms with Gasteiger partial charge in [0.05, 0.1) is 0 Å². The van der Waals surface area contributed by atoms with Crippen molar-refractivity contribution in [3.63, 3.8) is 0 Å². The Morgan fingerprint density at radius 2 is 0.824 bits per heavy atom. The average molecular weight is 652 g/mol. The molecule has 0 aliphatic carbocycles. The van der Waals surface area contributed by atoms with Crippen molar-refractivity contribution in [2.75, 3.05) is 0 Å². The van der Waals surface area contributed by atoms with Gasteiger partial charge in [-0.05, 0) is 74.1 Å². The maximum absolute atomic E-state index is 6.67. The van der Waals surface area contributed by atoms with E-state index in [9.17, 15) is 0 Å². The van der Waals surface area contributed by atoms with Crippen LogP contribution < -0.4 is 0 Å². The number of aromatic nitrogens is 3. The van der Waals surface area contributed by atoms with Crippen LogP contribution in [0.25, 0.3) is 99.9 Å². The van der Waals surface area contributed by atoms with Gasteiger partial charge in [-0.1, -0.05) is 146 Å². The Balaban J connectivity index is 1.20. The molecule has 0 amide bonds. The van der Waals surface area contributed by atoms with Crippen molar-refractivity contribution in [2.45, 2.75) is 0 Å². The lowest BCUT2D eigenvalue weighted by atomic mass is 9.90. The van der Waals surface area contributed by atoms with Gasteiger partial charge < -0.3 is 4.42 Å². The molecule has 0 spiro atoms. The second-order valence-electron chi connectivity index (χ2n) is 12.8. The highest BCUT2D eigenvalue weighted by Crippen LogP contribution is 2.43. The van der Waals surface area contributed by atoms with Gasteiger partial charge in [-0.25, -0.2) is 15.0 Å². The third-order valence-electron chi connectivity index (χ3n) is 9.70. The van der Waals surface area contributed by atoms with Crippen LogP contribution in [0.1, 0.15) is 0 Å². The first-order chi connectivity index (χ1) is 25.3. The van der Waals surface area contributed by atoms with Crippen molar-refractivity contribution in [1.82, 2.24) is 15.0 Å². The molecule has 2 aromatic heterocycles. The normalized spacial score (nSPS) is 11.5. The van der Waals surface area contributed by atoms with Crippen LogP contribution in [0.5, 0.6) is 0 Å². The third kappa shape index (κ3) is 5.04. The summed E-state index contributed by atoms with van der Waals surface area (Å²) >= 11 is 0. The van der Waals surface area contributed by atoms with Crippen LogP contribution in [0.2, 0.25) is 0 Å². The van der Waals surface area contributed by atoms with Gasteiger partial charge in [0.2, 0.25) is 0 Å². The van der Waals surface area contributed by atoms with E-state index in [1.54, 1.807) is 0 Å². The molecule has 0 atom stereocenters. The van der Waals surface area contributed by atoms with Gasteiger partial charge in [-0.2, -0.15) is 0 Å². The highest BCUT2D eigenvalue weighted by molar-refractivity contribution is 6.17. The predicted molar refractivity (Wildman–Crippen MR) is 209 cm³/mol. The van der Waals surface area contributed by atoms with Crippen molar-refractivity contribution in [3.8, 4) is 56.4 Å². The third-order valence-corrected chi connectivity index (χ3v) is 9.70. The minimum absolute atomic E-state index is 0.634. The van der Waals surface area contributed by atoms with E-state index in [1.165, 1.54) is 5.39 Å². The Kier molecular flexibility index (Phi) is 6.78. The Hall–Kier alpha value is -6.91. The summed E-state index contributed by atoms with van der Waals surface area (Å²) in [4.78, 5) is 15.0. The Morgan fingerprint density at radius 3 is 1.47 bits per heavy atom. The van der Waals surface area contributed by atoms with E-state index in [4.69, 9.17) is 19.4 Å². The van der Waals surface area contributed by atoms with Crippen LogP contribution in [0, 0.1) is 0 Å². The van der Waals surface area contributed by atoms with E-state index in [0.29, 0.717) is 17.5 Å². The van der Waals surface area contributed by atoms with Gasteiger partial charge in [-0.3, -0.25) is 0 Å². The largest absolute Gasteiger partial charge is 0.456 e. The molecule has 0 N–H and O–H groups in total. The van der Waals surface area contributed by atoms with Crippen LogP contribution in [0.3, 0.4) is 0 Å². The molecule has 0 saturated carbocycles. The van der Waals surface area contributed by atoms with Crippen molar-refractivity contribution >= 4 is 43.5 Å². The van der Waals surface area contributed by atoms with Gasteiger partial charge in [0.15, 0.2) is 17.5 Å². The van der Waals surface area contributed by atoms with Gasteiger partial charge in [-0.15, -0.1) is 0 Å². The van der Waals surface area contributed by atoms with Crippen molar-refractivity contribution in [3.05, 3.63) is 176 Å². The molecule has 0 aliphatic rings. The fourth-order valence-electron chi connectivity index (χ4n) is 7.27. The van der Waals surface area contributed by atoms with Crippen LogP contribution in [-0.4, -0.2) is 15.0 Å². The molecular weight excluding hydrogens is 623 g/mol. The molecule has 10 aromatic rings. The maximum atomic E-state index is 6.67. The Morgan fingerprint density at radius 1 is 0.314 bits per heavy atom. The van der Waals surface area contributed by atoms with Crippen LogP contribution in [0.15, 0.2) is 180 Å². The summed E-state index contributed by atoms with van der Waals surface area (Å²) in [6.07, 6.45) is 0. The van der Waals surface area contributed by atoms with E-state index in [1.807, 2.05) is 60.7 Å². The average Bonchev–Trinajstić information content (AvgIpc) is 3.57. The number of hydrogen-bond acceptors (Lipinski definition) is 4. The summed E-state index contributed by atoms with van der Waals surface area (Å²) < 4.78 is 6.67. The van der Waals surface area contributed by atoms with Gasteiger partial charge >= 0.3 is 0 Å². The fourth-order valence-corrected chi connectivity index (χ4v) is 7.27. The smallest absolute Gasteiger partial charge is 0.164 e. The summed E-state index contributed by atoms with van der Waals surface area (Å²) in [5.41, 5.74) is 9.07. The molecule has 10 rings (SSSR count). The second-order valence-corrected chi connectivity index (χ2v) is 12.8. The fraction of sp³-hybridized carbons (Fsp3) is 0. The number of benzene rings is 8. The minimum Gasteiger partial charge on any atom is -0.456 e. The quantitative estimate of drug-likeness (QED) is 0.186.